The molecule has 0 saturated carbocycles. The molecule has 3 aromatic rings. The van der Waals surface area contributed by atoms with E-state index in [9.17, 15) is 9.90 Å². The maximum atomic E-state index is 12.3. The van der Waals surface area contributed by atoms with Gasteiger partial charge in [0.1, 0.15) is 15.9 Å². The number of nitrogens with zero attached hydrogens (tertiary/aromatic N) is 4. The molecule has 0 aliphatic carbocycles. The first-order chi connectivity index (χ1) is 14.4. The van der Waals surface area contributed by atoms with Crippen LogP contribution in [0.2, 0.25) is 0 Å². The SMILES string of the molecule is COC[C@@]1(Cc2ccccc2)CC[C@@H](c2nc(Br)c3c(N)nccn23)CN1C(=O)O. The molecule has 4 rings (SSSR count). The van der Waals surface area contributed by atoms with Crippen LogP contribution in [-0.4, -0.2) is 56.3 Å². The second-order valence-corrected chi connectivity index (χ2v) is 8.49. The van der Waals surface area contributed by atoms with E-state index in [0.29, 0.717) is 41.9 Å². The van der Waals surface area contributed by atoms with Gasteiger partial charge in [-0.2, -0.15) is 0 Å². The number of imidazole rings is 1. The third-order valence-electron chi connectivity index (χ3n) is 5.89. The summed E-state index contributed by atoms with van der Waals surface area (Å²) >= 11 is 3.47. The number of likely N-dealkylation sites (tertiary alicyclic amines) is 1. The topological polar surface area (TPSA) is 106 Å². The van der Waals surface area contributed by atoms with Gasteiger partial charge < -0.3 is 15.6 Å². The van der Waals surface area contributed by atoms with Crippen LogP contribution < -0.4 is 5.73 Å². The Bertz CT molecular complexity index is 1060. The lowest BCUT2D eigenvalue weighted by atomic mass is 9.78. The number of carboxylic acid groups (broad SMARTS) is 1. The number of ether oxygens (including phenoxy) is 1. The Kier molecular flexibility index (Phi) is 5.66. The van der Waals surface area contributed by atoms with E-state index < -0.39 is 11.6 Å². The first-order valence-corrected chi connectivity index (χ1v) is 10.6. The summed E-state index contributed by atoms with van der Waals surface area (Å²) in [5.74, 6) is 1.09. The number of amides is 1. The summed E-state index contributed by atoms with van der Waals surface area (Å²) in [4.78, 5) is 22.7. The summed E-state index contributed by atoms with van der Waals surface area (Å²) in [6, 6.07) is 9.95. The Morgan fingerprint density at radius 2 is 2.17 bits per heavy atom. The molecule has 2 atom stereocenters. The number of anilines is 1. The highest BCUT2D eigenvalue weighted by molar-refractivity contribution is 9.10. The number of nitrogens with two attached hydrogens (primary N) is 1. The molecule has 0 radical (unpaired) electrons. The van der Waals surface area contributed by atoms with Gasteiger partial charge in [-0.1, -0.05) is 30.3 Å². The van der Waals surface area contributed by atoms with Crippen molar-refractivity contribution in [3.63, 3.8) is 0 Å². The summed E-state index contributed by atoms with van der Waals surface area (Å²) in [6.45, 7) is 0.670. The fourth-order valence-electron chi connectivity index (χ4n) is 4.54. The molecule has 1 amide bonds. The number of fused-ring (bicyclic) bond motifs is 1. The van der Waals surface area contributed by atoms with Gasteiger partial charge in [-0.05, 0) is 40.8 Å². The van der Waals surface area contributed by atoms with Crippen LogP contribution >= 0.6 is 15.9 Å². The van der Waals surface area contributed by atoms with Gasteiger partial charge in [0.25, 0.3) is 0 Å². The summed E-state index contributed by atoms with van der Waals surface area (Å²) in [5.41, 5.74) is 7.19. The average molecular weight is 474 g/mol. The van der Waals surface area contributed by atoms with Crippen LogP contribution in [-0.2, 0) is 11.2 Å². The lowest BCUT2D eigenvalue weighted by molar-refractivity contribution is -0.0133. The Morgan fingerprint density at radius 1 is 1.40 bits per heavy atom. The number of halogens is 1. The summed E-state index contributed by atoms with van der Waals surface area (Å²) in [7, 11) is 1.62. The quantitative estimate of drug-likeness (QED) is 0.586. The molecule has 0 bridgehead atoms. The molecule has 3 heterocycles. The molecule has 2 aromatic heterocycles. The minimum atomic E-state index is -0.950. The lowest BCUT2D eigenvalue weighted by Crippen LogP contribution is -2.59. The zero-order valence-electron chi connectivity index (χ0n) is 16.7. The van der Waals surface area contributed by atoms with E-state index in [1.54, 1.807) is 13.3 Å². The van der Waals surface area contributed by atoms with Gasteiger partial charge >= 0.3 is 6.09 Å². The molecule has 30 heavy (non-hydrogen) atoms. The van der Waals surface area contributed by atoms with Crippen LogP contribution in [0.4, 0.5) is 10.6 Å². The second-order valence-electron chi connectivity index (χ2n) is 7.74. The molecular weight excluding hydrogens is 450 g/mol. The smallest absolute Gasteiger partial charge is 0.407 e. The van der Waals surface area contributed by atoms with E-state index in [1.807, 2.05) is 40.9 Å². The van der Waals surface area contributed by atoms with Crippen LogP contribution in [0.5, 0.6) is 0 Å². The third kappa shape index (κ3) is 3.63. The number of methoxy groups -OCH3 is 1. The Labute approximate surface area is 182 Å². The second kappa shape index (κ2) is 8.23. The van der Waals surface area contributed by atoms with Crippen molar-refractivity contribution in [1.29, 1.82) is 0 Å². The van der Waals surface area contributed by atoms with E-state index in [1.165, 1.54) is 4.90 Å². The summed E-state index contributed by atoms with van der Waals surface area (Å²) in [5, 5.41) is 10.1. The van der Waals surface area contributed by atoms with Gasteiger partial charge in [-0.15, -0.1) is 0 Å². The number of piperidine rings is 1. The highest BCUT2D eigenvalue weighted by Gasteiger charge is 2.46. The van der Waals surface area contributed by atoms with Crippen molar-refractivity contribution in [2.75, 3.05) is 26.0 Å². The molecule has 3 N–H and O–H groups in total. The molecule has 8 nitrogen and oxygen atoms in total. The van der Waals surface area contributed by atoms with Crippen molar-refractivity contribution in [2.24, 2.45) is 0 Å². The molecule has 0 unspecified atom stereocenters. The van der Waals surface area contributed by atoms with Crippen LogP contribution in [0.1, 0.15) is 30.1 Å². The summed E-state index contributed by atoms with van der Waals surface area (Å²) < 4.78 is 8.02. The maximum Gasteiger partial charge on any atom is 0.407 e. The predicted molar refractivity (Wildman–Crippen MR) is 117 cm³/mol. The minimum absolute atomic E-state index is 0.0672. The number of carbonyl (C=O) groups is 1. The fourth-order valence-corrected chi connectivity index (χ4v) is 5.11. The molecular formula is C21H24BrN5O3. The van der Waals surface area contributed by atoms with Crippen molar-refractivity contribution in [3.05, 3.63) is 58.7 Å². The minimum Gasteiger partial charge on any atom is -0.465 e. The van der Waals surface area contributed by atoms with E-state index >= 15 is 0 Å². The van der Waals surface area contributed by atoms with Crippen LogP contribution in [0, 0.1) is 0 Å². The molecule has 1 aliphatic heterocycles. The van der Waals surface area contributed by atoms with Crippen molar-refractivity contribution >= 4 is 33.4 Å². The van der Waals surface area contributed by atoms with Crippen LogP contribution in [0.3, 0.4) is 0 Å². The van der Waals surface area contributed by atoms with Crippen molar-refractivity contribution in [1.82, 2.24) is 19.3 Å². The molecule has 0 spiro atoms. The average Bonchev–Trinajstić information content (AvgIpc) is 3.07. The normalized spacial score (nSPS) is 21.8. The first kappa shape index (κ1) is 20.6. The molecule has 9 heteroatoms. The van der Waals surface area contributed by atoms with E-state index in [2.05, 4.69) is 25.9 Å². The van der Waals surface area contributed by atoms with Crippen LogP contribution in [0.15, 0.2) is 47.3 Å². The van der Waals surface area contributed by atoms with Gasteiger partial charge in [0.15, 0.2) is 5.82 Å². The monoisotopic (exact) mass is 473 g/mol. The standard InChI is InChI=1S/C21H24BrN5O3/c1-30-13-21(11-14-5-3-2-4-6-14)8-7-15(12-27(21)20(28)29)19-25-17(22)16-18(23)24-9-10-26(16)19/h2-6,9-10,15H,7-8,11-13H2,1H3,(H2,23,24)(H,28,29)/t15-,21+/m1/s1. The summed E-state index contributed by atoms with van der Waals surface area (Å²) in [6.07, 6.45) is 4.54. The highest BCUT2D eigenvalue weighted by Crippen LogP contribution is 2.39. The van der Waals surface area contributed by atoms with Crippen molar-refractivity contribution in [2.45, 2.75) is 30.7 Å². The number of hydrogen-bond acceptors (Lipinski definition) is 5. The van der Waals surface area contributed by atoms with Crippen molar-refractivity contribution in [3.8, 4) is 0 Å². The third-order valence-corrected chi connectivity index (χ3v) is 6.44. The predicted octanol–water partition coefficient (Wildman–Crippen LogP) is 3.56. The van der Waals surface area contributed by atoms with Gasteiger partial charge in [0.2, 0.25) is 0 Å². The molecule has 1 saturated heterocycles. The zero-order chi connectivity index (χ0) is 21.3. The Hall–Kier alpha value is -2.65. The number of benzene rings is 1. The number of rotatable bonds is 5. The van der Waals surface area contributed by atoms with Gasteiger partial charge in [0, 0.05) is 32.0 Å². The highest BCUT2D eigenvalue weighted by atomic mass is 79.9. The lowest BCUT2D eigenvalue weighted by Gasteiger charge is -2.47. The molecule has 158 valence electrons. The number of nitrogen functional groups attached to an aromatic ring is 1. The molecule has 1 fully saturated rings. The van der Waals surface area contributed by atoms with E-state index in [-0.39, 0.29) is 5.92 Å². The van der Waals surface area contributed by atoms with Gasteiger partial charge in [-0.25, -0.2) is 14.8 Å². The Balaban J connectivity index is 1.69. The zero-order valence-corrected chi connectivity index (χ0v) is 18.2. The Morgan fingerprint density at radius 3 is 2.87 bits per heavy atom. The molecule has 1 aliphatic rings. The maximum absolute atomic E-state index is 12.3. The van der Waals surface area contributed by atoms with Gasteiger partial charge in [0.05, 0.1) is 12.1 Å². The number of aromatic nitrogens is 3. The van der Waals surface area contributed by atoms with E-state index in [4.69, 9.17) is 10.5 Å². The largest absolute Gasteiger partial charge is 0.465 e. The van der Waals surface area contributed by atoms with E-state index in [0.717, 1.165) is 17.8 Å². The van der Waals surface area contributed by atoms with Crippen LogP contribution in [0.25, 0.3) is 5.52 Å². The first-order valence-electron chi connectivity index (χ1n) is 9.76. The molecule has 1 aromatic carbocycles. The fraction of sp³-hybridized carbons (Fsp3) is 0.381. The van der Waals surface area contributed by atoms with Gasteiger partial charge in [-0.3, -0.25) is 9.30 Å². The number of hydrogen-bond donors (Lipinski definition) is 2. The van der Waals surface area contributed by atoms with Crippen molar-refractivity contribution < 1.29 is 14.6 Å².